The Balaban J connectivity index is 1.64. The van der Waals surface area contributed by atoms with Crippen molar-refractivity contribution in [3.8, 4) is 22.8 Å². The van der Waals surface area contributed by atoms with E-state index in [1.165, 1.54) is 17.4 Å². The van der Waals surface area contributed by atoms with Gasteiger partial charge in [0.1, 0.15) is 11.5 Å². The number of nitrogens with one attached hydrogen (secondary N) is 1. The molecule has 0 spiro atoms. The van der Waals surface area contributed by atoms with E-state index in [0.29, 0.717) is 18.3 Å². The zero-order chi connectivity index (χ0) is 19.8. The number of carbonyl (C=O) groups excluding carboxylic acids is 1. The molecule has 5 nitrogen and oxygen atoms in total. The third kappa shape index (κ3) is 5.20. The molecule has 0 unspecified atom stereocenters. The predicted molar refractivity (Wildman–Crippen MR) is 114 cm³/mol. The summed E-state index contributed by atoms with van der Waals surface area (Å²) in [6, 6.07) is 15.3. The molecule has 6 heteroatoms. The average Bonchev–Trinajstić information content (AvgIpc) is 3.17. The molecular weight excluding hydrogens is 372 g/mol. The second kappa shape index (κ2) is 9.71. The van der Waals surface area contributed by atoms with Gasteiger partial charge in [-0.15, -0.1) is 11.3 Å². The molecule has 0 aliphatic heterocycles. The fourth-order valence-electron chi connectivity index (χ4n) is 2.57. The topological polar surface area (TPSA) is 60.5 Å². The third-order valence-electron chi connectivity index (χ3n) is 3.83. The van der Waals surface area contributed by atoms with Crippen LogP contribution in [0.3, 0.4) is 0 Å². The van der Waals surface area contributed by atoms with Crippen LogP contribution >= 0.6 is 11.3 Å². The van der Waals surface area contributed by atoms with Crippen molar-refractivity contribution < 1.29 is 14.3 Å². The highest BCUT2D eigenvalue weighted by atomic mass is 32.1. The van der Waals surface area contributed by atoms with Gasteiger partial charge < -0.3 is 9.47 Å². The molecule has 0 saturated heterocycles. The fraction of sp³-hybridized carbons (Fsp3) is 0.182. The number of para-hydroxylation sites is 1. The van der Waals surface area contributed by atoms with Gasteiger partial charge in [-0.3, -0.25) is 10.1 Å². The number of aromatic nitrogens is 1. The van der Waals surface area contributed by atoms with Gasteiger partial charge >= 0.3 is 0 Å². The molecule has 1 amide bonds. The van der Waals surface area contributed by atoms with Gasteiger partial charge in [0, 0.05) is 22.6 Å². The van der Waals surface area contributed by atoms with Crippen LogP contribution in [0.4, 0.5) is 5.13 Å². The number of ether oxygens (including phenoxy) is 2. The highest BCUT2D eigenvalue weighted by Crippen LogP contribution is 2.26. The largest absolute Gasteiger partial charge is 0.494 e. The molecule has 3 aromatic rings. The van der Waals surface area contributed by atoms with Gasteiger partial charge in [-0.25, -0.2) is 4.98 Å². The fourth-order valence-corrected chi connectivity index (χ4v) is 3.29. The summed E-state index contributed by atoms with van der Waals surface area (Å²) >= 11 is 1.39. The van der Waals surface area contributed by atoms with Crippen LogP contribution in [0.15, 0.2) is 60.0 Å². The number of thiazole rings is 1. The van der Waals surface area contributed by atoms with Gasteiger partial charge in [0.25, 0.3) is 0 Å². The molecule has 0 saturated carbocycles. The summed E-state index contributed by atoms with van der Waals surface area (Å²) in [6.45, 7) is 5.09. The average molecular weight is 394 g/mol. The van der Waals surface area contributed by atoms with E-state index < -0.39 is 0 Å². The van der Waals surface area contributed by atoms with Gasteiger partial charge in [0.2, 0.25) is 5.91 Å². The van der Waals surface area contributed by atoms with E-state index in [2.05, 4.69) is 10.3 Å². The maximum atomic E-state index is 12.2. The van der Waals surface area contributed by atoms with Crippen molar-refractivity contribution >= 4 is 28.5 Å². The first-order chi connectivity index (χ1) is 13.7. The van der Waals surface area contributed by atoms with Gasteiger partial charge in [0.05, 0.1) is 18.9 Å². The lowest BCUT2D eigenvalue weighted by Crippen LogP contribution is -2.07. The second-order valence-electron chi connectivity index (χ2n) is 5.79. The molecule has 2 aromatic carbocycles. The lowest BCUT2D eigenvalue weighted by molar-refractivity contribution is -0.111. The van der Waals surface area contributed by atoms with E-state index >= 15 is 0 Å². The summed E-state index contributed by atoms with van der Waals surface area (Å²) in [5.41, 5.74) is 2.64. The number of benzene rings is 2. The molecule has 0 aliphatic carbocycles. The summed E-state index contributed by atoms with van der Waals surface area (Å²) < 4.78 is 11.0. The monoisotopic (exact) mass is 394 g/mol. The summed E-state index contributed by atoms with van der Waals surface area (Å²) in [5, 5.41) is 5.27. The Kier molecular flexibility index (Phi) is 6.81. The van der Waals surface area contributed by atoms with E-state index in [4.69, 9.17) is 9.47 Å². The van der Waals surface area contributed by atoms with E-state index in [9.17, 15) is 4.79 Å². The van der Waals surface area contributed by atoms with E-state index in [1.54, 1.807) is 6.08 Å². The Bertz CT molecular complexity index is 948. The molecule has 1 heterocycles. The Hall–Kier alpha value is -3.12. The van der Waals surface area contributed by atoms with Crippen LogP contribution in [0, 0.1) is 0 Å². The molecule has 3 rings (SSSR count). The summed E-state index contributed by atoms with van der Waals surface area (Å²) in [4.78, 5) is 16.7. The molecule has 0 atom stereocenters. The first-order valence-corrected chi connectivity index (χ1v) is 9.97. The number of amides is 1. The van der Waals surface area contributed by atoms with E-state index in [0.717, 1.165) is 28.3 Å². The van der Waals surface area contributed by atoms with Crippen molar-refractivity contribution in [2.75, 3.05) is 18.5 Å². The lowest BCUT2D eigenvalue weighted by atomic mass is 10.2. The number of hydrogen-bond donors (Lipinski definition) is 1. The van der Waals surface area contributed by atoms with Crippen LogP contribution in [-0.4, -0.2) is 24.1 Å². The predicted octanol–water partition coefficient (Wildman–Crippen LogP) is 5.26. The molecule has 1 aromatic heterocycles. The van der Waals surface area contributed by atoms with Crippen LogP contribution in [0.25, 0.3) is 17.3 Å². The molecule has 144 valence electrons. The molecule has 0 fully saturated rings. The Morgan fingerprint density at radius 2 is 1.82 bits per heavy atom. The number of rotatable bonds is 8. The molecular formula is C22H22N2O3S. The Morgan fingerprint density at radius 1 is 1.07 bits per heavy atom. The summed E-state index contributed by atoms with van der Waals surface area (Å²) in [5.74, 6) is 1.34. The van der Waals surface area contributed by atoms with Crippen molar-refractivity contribution in [1.29, 1.82) is 0 Å². The van der Waals surface area contributed by atoms with Crippen LogP contribution in [0.2, 0.25) is 0 Å². The molecule has 0 bridgehead atoms. The summed E-state index contributed by atoms with van der Waals surface area (Å²) in [7, 11) is 0. The number of hydrogen-bond acceptors (Lipinski definition) is 5. The standard InChI is InChI=1S/C22H22N2O3S/c1-3-26-18-12-9-16(10-13-18)19-15-28-22(23-19)24-21(25)14-11-17-7-5-6-8-20(17)27-4-2/h5-15H,3-4H2,1-2H3,(H,23,24,25)/b14-11+. The number of nitrogens with zero attached hydrogens (tertiary/aromatic N) is 1. The van der Waals surface area contributed by atoms with Crippen LogP contribution in [0.1, 0.15) is 19.4 Å². The molecule has 0 radical (unpaired) electrons. The SMILES string of the molecule is CCOc1ccc(-c2csc(NC(=O)/C=C/c3ccccc3OCC)n2)cc1. The zero-order valence-electron chi connectivity index (χ0n) is 15.8. The van der Waals surface area contributed by atoms with Crippen LogP contribution in [-0.2, 0) is 4.79 Å². The van der Waals surface area contributed by atoms with Gasteiger partial charge in [-0.1, -0.05) is 18.2 Å². The van der Waals surface area contributed by atoms with Crippen molar-refractivity contribution in [2.24, 2.45) is 0 Å². The lowest BCUT2D eigenvalue weighted by Gasteiger charge is -2.06. The maximum Gasteiger partial charge on any atom is 0.250 e. The van der Waals surface area contributed by atoms with E-state index in [1.807, 2.05) is 67.8 Å². The van der Waals surface area contributed by atoms with Crippen molar-refractivity contribution in [3.63, 3.8) is 0 Å². The van der Waals surface area contributed by atoms with Crippen molar-refractivity contribution in [2.45, 2.75) is 13.8 Å². The van der Waals surface area contributed by atoms with E-state index in [-0.39, 0.29) is 5.91 Å². The third-order valence-corrected chi connectivity index (χ3v) is 4.59. The molecule has 1 N–H and O–H groups in total. The summed E-state index contributed by atoms with van der Waals surface area (Å²) in [6.07, 6.45) is 3.22. The van der Waals surface area contributed by atoms with Crippen molar-refractivity contribution in [1.82, 2.24) is 4.98 Å². The normalized spacial score (nSPS) is 10.8. The highest BCUT2D eigenvalue weighted by Gasteiger charge is 2.07. The van der Waals surface area contributed by atoms with Crippen LogP contribution < -0.4 is 14.8 Å². The number of carbonyl (C=O) groups is 1. The Morgan fingerprint density at radius 3 is 2.57 bits per heavy atom. The minimum atomic E-state index is -0.237. The zero-order valence-corrected chi connectivity index (χ0v) is 16.7. The first-order valence-electron chi connectivity index (χ1n) is 9.09. The van der Waals surface area contributed by atoms with Gasteiger partial charge in [-0.2, -0.15) is 0 Å². The number of anilines is 1. The smallest absolute Gasteiger partial charge is 0.250 e. The maximum absolute atomic E-state index is 12.2. The van der Waals surface area contributed by atoms with Crippen molar-refractivity contribution in [3.05, 3.63) is 65.6 Å². The second-order valence-corrected chi connectivity index (χ2v) is 6.65. The van der Waals surface area contributed by atoms with Crippen LogP contribution in [0.5, 0.6) is 11.5 Å². The van der Waals surface area contributed by atoms with Gasteiger partial charge in [-0.05, 0) is 50.3 Å². The Labute approximate surface area is 168 Å². The highest BCUT2D eigenvalue weighted by molar-refractivity contribution is 7.14. The minimum Gasteiger partial charge on any atom is -0.494 e. The molecule has 28 heavy (non-hydrogen) atoms. The van der Waals surface area contributed by atoms with Gasteiger partial charge in [0.15, 0.2) is 5.13 Å². The minimum absolute atomic E-state index is 0.237. The quantitative estimate of drug-likeness (QED) is 0.530. The first kappa shape index (κ1) is 19.6. The molecule has 0 aliphatic rings.